The fourth-order valence-corrected chi connectivity index (χ4v) is 1.93. The summed E-state index contributed by atoms with van der Waals surface area (Å²) in [6.45, 7) is 2.39. The van der Waals surface area contributed by atoms with Gasteiger partial charge in [0.2, 0.25) is 0 Å². The van der Waals surface area contributed by atoms with Crippen LogP contribution in [0.25, 0.3) is 0 Å². The fraction of sp³-hybridized carbons (Fsp3) is 1.00. The first kappa shape index (κ1) is 10.3. The van der Waals surface area contributed by atoms with Gasteiger partial charge in [0.25, 0.3) is 0 Å². The minimum atomic E-state index is -0.230. The van der Waals surface area contributed by atoms with Gasteiger partial charge in [-0.05, 0) is 6.92 Å². The summed E-state index contributed by atoms with van der Waals surface area (Å²) < 4.78 is 21.6. The first-order valence-electron chi connectivity index (χ1n) is 4.91. The highest BCUT2D eigenvalue weighted by molar-refractivity contribution is 4.88. The van der Waals surface area contributed by atoms with Crippen molar-refractivity contribution >= 4 is 0 Å². The SMILES string of the molecule is COC1CC(N)C2OC(C)OCC2O1. The first-order valence-corrected chi connectivity index (χ1v) is 4.91. The lowest BCUT2D eigenvalue weighted by atomic mass is 9.99. The first-order chi connectivity index (χ1) is 6.70. The number of hydrogen-bond donors (Lipinski definition) is 1. The number of ether oxygens (including phenoxy) is 4. The fourth-order valence-electron chi connectivity index (χ4n) is 1.93. The van der Waals surface area contributed by atoms with Crippen LogP contribution in [-0.2, 0) is 18.9 Å². The Hall–Kier alpha value is -0.200. The molecule has 82 valence electrons. The van der Waals surface area contributed by atoms with Gasteiger partial charge in [-0.2, -0.15) is 0 Å². The molecule has 0 aromatic carbocycles. The Bertz CT molecular complexity index is 201. The van der Waals surface area contributed by atoms with E-state index in [0.717, 1.165) is 0 Å². The third-order valence-electron chi connectivity index (χ3n) is 2.69. The van der Waals surface area contributed by atoms with E-state index >= 15 is 0 Å². The minimum Gasteiger partial charge on any atom is -0.356 e. The van der Waals surface area contributed by atoms with Crippen LogP contribution in [0.1, 0.15) is 13.3 Å². The third kappa shape index (κ3) is 1.92. The maximum Gasteiger partial charge on any atom is 0.159 e. The van der Waals surface area contributed by atoms with E-state index in [4.69, 9.17) is 24.7 Å². The average Bonchev–Trinajstić information content (AvgIpc) is 2.19. The molecule has 0 spiro atoms. The zero-order chi connectivity index (χ0) is 10.1. The van der Waals surface area contributed by atoms with Crippen LogP contribution in [0.2, 0.25) is 0 Å². The van der Waals surface area contributed by atoms with Crippen molar-refractivity contribution in [3.05, 3.63) is 0 Å². The standard InChI is InChI=1S/C9H17NO4/c1-5-12-4-7-9(13-5)6(10)3-8(11-2)14-7/h5-9H,3-4,10H2,1-2H3. The van der Waals surface area contributed by atoms with Crippen molar-refractivity contribution in [2.45, 2.75) is 44.2 Å². The second-order valence-electron chi connectivity index (χ2n) is 3.74. The summed E-state index contributed by atoms with van der Waals surface area (Å²) in [6, 6.07) is -0.0370. The van der Waals surface area contributed by atoms with Crippen LogP contribution < -0.4 is 5.73 Å². The molecule has 0 aromatic rings. The molecule has 5 atom stereocenters. The maximum atomic E-state index is 5.98. The van der Waals surface area contributed by atoms with Crippen LogP contribution in [0, 0.1) is 0 Å². The van der Waals surface area contributed by atoms with Crippen molar-refractivity contribution in [1.29, 1.82) is 0 Å². The van der Waals surface area contributed by atoms with E-state index in [2.05, 4.69) is 0 Å². The van der Waals surface area contributed by atoms with Gasteiger partial charge >= 0.3 is 0 Å². The minimum absolute atomic E-state index is 0.0370. The van der Waals surface area contributed by atoms with E-state index in [0.29, 0.717) is 13.0 Å². The van der Waals surface area contributed by atoms with Crippen molar-refractivity contribution in [3.8, 4) is 0 Å². The lowest BCUT2D eigenvalue weighted by Crippen LogP contribution is -2.59. The summed E-state index contributed by atoms with van der Waals surface area (Å²) in [4.78, 5) is 0. The Morgan fingerprint density at radius 2 is 2.14 bits per heavy atom. The number of rotatable bonds is 1. The number of hydrogen-bond acceptors (Lipinski definition) is 5. The lowest BCUT2D eigenvalue weighted by Gasteiger charge is -2.43. The molecule has 2 fully saturated rings. The van der Waals surface area contributed by atoms with Crippen molar-refractivity contribution < 1.29 is 18.9 Å². The quantitative estimate of drug-likeness (QED) is 0.641. The maximum absolute atomic E-state index is 5.98. The number of methoxy groups -OCH3 is 1. The molecule has 5 unspecified atom stereocenters. The molecule has 2 aliphatic rings. The Kier molecular flexibility index (Phi) is 3.04. The van der Waals surface area contributed by atoms with Crippen LogP contribution in [0.15, 0.2) is 0 Å². The molecule has 2 rings (SSSR count). The van der Waals surface area contributed by atoms with Crippen molar-refractivity contribution in [1.82, 2.24) is 0 Å². The van der Waals surface area contributed by atoms with E-state index in [9.17, 15) is 0 Å². The highest BCUT2D eigenvalue weighted by Crippen LogP contribution is 2.26. The molecule has 0 aromatic heterocycles. The second kappa shape index (κ2) is 4.12. The zero-order valence-electron chi connectivity index (χ0n) is 8.51. The van der Waals surface area contributed by atoms with Gasteiger partial charge in [-0.1, -0.05) is 0 Å². The van der Waals surface area contributed by atoms with Crippen LogP contribution in [-0.4, -0.2) is 44.5 Å². The molecule has 14 heavy (non-hydrogen) atoms. The normalized spacial score (nSPS) is 48.6. The van der Waals surface area contributed by atoms with Gasteiger partial charge in [-0.25, -0.2) is 0 Å². The van der Waals surface area contributed by atoms with Crippen LogP contribution >= 0.6 is 0 Å². The molecule has 0 bridgehead atoms. The van der Waals surface area contributed by atoms with Gasteiger partial charge in [0.15, 0.2) is 12.6 Å². The Morgan fingerprint density at radius 3 is 2.86 bits per heavy atom. The molecule has 0 radical (unpaired) electrons. The van der Waals surface area contributed by atoms with Gasteiger partial charge in [0.05, 0.1) is 6.61 Å². The van der Waals surface area contributed by atoms with Gasteiger partial charge in [0.1, 0.15) is 12.2 Å². The van der Waals surface area contributed by atoms with Crippen LogP contribution in [0.4, 0.5) is 0 Å². The van der Waals surface area contributed by atoms with Gasteiger partial charge in [-0.15, -0.1) is 0 Å². The molecule has 2 saturated heterocycles. The predicted octanol–water partition coefficient (Wildman–Crippen LogP) is -0.163. The van der Waals surface area contributed by atoms with Gasteiger partial charge in [0, 0.05) is 19.6 Å². The van der Waals surface area contributed by atoms with Gasteiger partial charge in [-0.3, -0.25) is 0 Å². The van der Waals surface area contributed by atoms with Crippen LogP contribution in [0.3, 0.4) is 0 Å². The van der Waals surface area contributed by atoms with E-state index in [1.165, 1.54) is 0 Å². The summed E-state index contributed by atoms with van der Waals surface area (Å²) in [7, 11) is 1.62. The molecule has 2 heterocycles. The van der Waals surface area contributed by atoms with E-state index in [1.54, 1.807) is 7.11 Å². The summed E-state index contributed by atoms with van der Waals surface area (Å²) in [5.41, 5.74) is 5.98. The van der Waals surface area contributed by atoms with Crippen molar-refractivity contribution in [2.75, 3.05) is 13.7 Å². The topological polar surface area (TPSA) is 62.9 Å². The summed E-state index contributed by atoms with van der Waals surface area (Å²) in [6.07, 6.45) is 0.0894. The Morgan fingerprint density at radius 1 is 1.36 bits per heavy atom. The number of nitrogens with two attached hydrogens (primary N) is 1. The lowest BCUT2D eigenvalue weighted by molar-refractivity contribution is -0.309. The zero-order valence-corrected chi connectivity index (χ0v) is 8.51. The molecule has 0 saturated carbocycles. The average molecular weight is 203 g/mol. The van der Waals surface area contributed by atoms with Gasteiger partial charge < -0.3 is 24.7 Å². The Balaban J connectivity index is 2.00. The molecule has 5 nitrogen and oxygen atoms in total. The highest BCUT2D eigenvalue weighted by atomic mass is 16.7. The molecule has 5 heteroatoms. The van der Waals surface area contributed by atoms with Crippen LogP contribution in [0.5, 0.6) is 0 Å². The molecular formula is C9H17NO4. The van der Waals surface area contributed by atoms with E-state index < -0.39 is 0 Å². The highest BCUT2D eigenvalue weighted by Gasteiger charge is 2.41. The van der Waals surface area contributed by atoms with E-state index in [-0.39, 0.29) is 30.8 Å². The Labute approximate surface area is 83.4 Å². The predicted molar refractivity (Wildman–Crippen MR) is 48.5 cm³/mol. The second-order valence-corrected chi connectivity index (χ2v) is 3.74. The largest absolute Gasteiger partial charge is 0.356 e. The summed E-state index contributed by atoms with van der Waals surface area (Å²) >= 11 is 0. The smallest absolute Gasteiger partial charge is 0.159 e. The number of fused-ring (bicyclic) bond motifs is 1. The van der Waals surface area contributed by atoms with Crippen molar-refractivity contribution in [3.63, 3.8) is 0 Å². The van der Waals surface area contributed by atoms with E-state index in [1.807, 2.05) is 6.92 Å². The summed E-state index contributed by atoms with van der Waals surface area (Å²) in [5.74, 6) is 0. The molecule has 0 aliphatic carbocycles. The molecule has 0 amide bonds. The summed E-state index contributed by atoms with van der Waals surface area (Å²) in [5, 5.41) is 0. The monoisotopic (exact) mass is 203 g/mol. The van der Waals surface area contributed by atoms with Crippen molar-refractivity contribution in [2.24, 2.45) is 5.73 Å². The molecule has 2 N–H and O–H groups in total. The molecular weight excluding hydrogens is 186 g/mol. The third-order valence-corrected chi connectivity index (χ3v) is 2.69. The molecule has 2 aliphatic heterocycles.